The predicted molar refractivity (Wildman–Crippen MR) is 67.5 cm³/mol. The Kier molecular flexibility index (Phi) is 3.75. The van der Waals surface area contributed by atoms with Gasteiger partial charge in [0.15, 0.2) is 0 Å². The second kappa shape index (κ2) is 5.09. The summed E-state index contributed by atoms with van der Waals surface area (Å²) in [6, 6.07) is 3.53. The summed E-state index contributed by atoms with van der Waals surface area (Å²) in [5, 5.41) is 0. The monoisotopic (exact) mass is 345 g/mol. The van der Waals surface area contributed by atoms with Crippen LogP contribution in [0, 0.1) is 0 Å². The summed E-state index contributed by atoms with van der Waals surface area (Å²) < 4.78 is 7.15. The molecule has 4 nitrogen and oxygen atoms in total. The number of nitrogens with one attached hydrogen (secondary N) is 1. The first-order valence-corrected chi connectivity index (χ1v) is 6.10. The van der Waals surface area contributed by atoms with Gasteiger partial charge in [-0.2, -0.15) is 0 Å². The summed E-state index contributed by atoms with van der Waals surface area (Å²) in [7, 11) is 0. The number of nitrogens with two attached hydrogens (primary N) is 1. The van der Waals surface area contributed by atoms with Crippen LogP contribution in [0.4, 0.5) is 0 Å². The molecule has 0 aliphatic heterocycles. The number of halogens is 2. The second-order valence-corrected chi connectivity index (χ2v) is 4.94. The Morgan fingerprint density at radius 1 is 1.38 bits per heavy atom. The molecule has 3 N–H and O–H groups in total. The van der Waals surface area contributed by atoms with Crippen molar-refractivity contribution in [1.82, 2.24) is 10.4 Å². The Balaban J connectivity index is 2.40. The molecule has 2 heterocycles. The summed E-state index contributed by atoms with van der Waals surface area (Å²) in [6.07, 6.45) is 5.06. The predicted octanol–water partition coefficient (Wildman–Crippen LogP) is 2.75. The summed E-state index contributed by atoms with van der Waals surface area (Å²) in [5.74, 6) is 6.27. The van der Waals surface area contributed by atoms with Gasteiger partial charge in [-0.25, -0.2) is 5.43 Å². The fraction of sp³-hybridized carbons (Fsp3) is 0.100. The molecule has 1 atom stereocenters. The zero-order valence-corrected chi connectivity index (χ0v) is 11.3. The minimum Gasteiger partial charge on any atom is -0.466 e. The van der Waals surface area contributed by atoms with Gasteiger partial charge in [0, 0.05) is 16.9 Å². The lowest BCUT2D eigenvalue weighted by atomic mass is 10.1. The fourth-order valence-electron chi connectivity index (χ4n) is 1.42. The van der Waals surface area contributed by atoms with Gasteiger partial charge in [-0.1, -0.05) is 0 Å². The Morgan fingerprint density at radius 2 is 2.19 bits per heavy atom. The number of pyridine rings is 1. The van der Waals surface area contributed by atoms with E-state index in [-0.39, 0.29) is 6.04 Å². The summed E-state index contributed by atoms with van der Waals surface area (Å²) in [6.45, 7) is 0. The topological polar surface area (TPSA) is 64.1 Å². The third kappa shape index (κ3) is 2.35. The number of hydrazine groups is 1. The van der Waals surface area contributed by atoms with E-state index < -0.39 is 0 Å². The van der Waals surface area contributed by atoms with Crippen molar-refractivity contribution in [2.24, 2.45) is 5.84 Å². The molecule has 0 amide bonds. The standard InChI is InChI=1S/C10H9Br2N3O/c11-7-3-6(4-14-5-7)9(15-13)10-8(12)1-2-16-10/h1-5,9,15H,13H2. The van der Waals surface area contributed by atoms with Crippen molar-refractivity contribution in [3.8, 4) is 0 Å². The quantitative estimate of drug-likeness (QED) is 0.662. The SMILES string of the molecule is NNC(c1cncc(Br)c1)c1occc1Br. The van der Waals surface area contributed by atoms with Crippen LogP contribution in [-0.2, 0) is 0 Å². The molecule has 0 saturated carbocycles. The van der Waals surface area contributed by atoms with Crippen LogP contribution in [-0.4, -0.2) is 4.98 Å². The van der Waals surface area contributed by atoms with Gasteiger partial charge < -0.3 is 4.42 Å². The maximum absolute atomic E-state index is 5.54. The van der Waals surface area contributed by atoms with Gasteiger partial charge in [0.2, 0.25) is 0 Å². The van der Waals surface area contributed by atoms with Crippen molar-refractivity contribution >= 4 is 31.9 Å². The van der Waals surface area contributed by atoms with Crippen LogP contribution in [0.15, 0.2) is 44.2 Å². The number of aromatic nitrogens is 1. The summed E-state index contributed by atoms with van der Waals surface area (Å²) >= 11 is 6.77. The van der Waals surface area contributed by atoms with E-state index >= 15 is 0 Å². The lowest BCUT2D eigenvalue weighted by Crippen LogP contribution is -2.28. The first kappa shape index (κ1) is 11.8. The molecule has 1 unspecified atom stereocenters. The van der Waals surface area contributed by atoms with Gasteiger partial charge in [-0.15, -0.1) is 0 Å². The Hall–Kier alpha value is -0.690. The fourth-order valence-corrected chi connectivity index (χ4v) is 2.23. The van der Waals surface area contributed by atoms with Gasteiger partial charge in [-0.05, 0) is 49.6 Å². The molecule has 0 aliphatic carbocycles. The molecule has 0 aliphatic rings. The Labute approximate surface area is 109 Å². The van der Waals surface area contributed by atoms with E-state index in [4.69, 9.17) is 10.3 Å². The van der Waals surface area contributed by atoms with Crippen LogP contribution < -0.4 is 11.3 Å². The summed E-state index contributed by atoms with van der Waals surface area (Å²) in [4.78, 5) is 4.09. The maximum Gasteiger partial charge on any atom is 0.140 e. The van der Waals surface area contributed by atoms with Crippen molar-refractivity contribution in [2.75, 3.05) is 0 Å². The first-order chi connectivity index (χ1) is 7.72. The van der Waals surface area contributed by atoms with E-state index in [1.807, 2.05) is 12.1 Å². The van der Waals surface area contributed by atoms with Crippen LogP contribution in [0.5, 0.6) is 0 Å². The third-order valence-corrected chi connectivity index (χ3v) is 3.22. The molecule has 0 spiro atoms. The van der Waals surface area contributed by atoms with Gasteiger partial charge in [0.05, 0.1) is 10.7 Å². The Bertz CT molecular complexity index is 486. The van der Waals surface area contributed by atoms with E-state index in [0.29, 0.717) is 0 Å². The van der Waals surface area contributed by atoms with Crippen LogP contribution in [0.3, 0.4) is 0 Å². The lowest BCUT2D eigenvalue weighted by molar-refractivity contribution is 0.449. The zero-order valence-electron chi connectivity index (χ0n) is 8.15. The van der Waals surface area contributed by atoms with Crippen molar-refractivity contribution in [2.45, 2.75) is 6.04 Å². The Morgan fingerprint density at radius 3 is 2.75 bits per heavy atom. The molecule has 2 rings (SSSR count). The molecule has 16 heavy (non-hydrogen) atoms. The average molecular weight is 347 g/mol. The number of hydrogen-bond acceptors (Lipinski definition) is 4. The molecule has 84 valence electrons. The molecule has 6 heteroatoms. The minimum absolute atomic E-state index is 0.227. The normalized spacial score (nSPS) is 12.7. The molecule has 0 bridgehead atoms. The third-order valence-electron chi connectivity index (χ3n) is 2.13. The second-order valence-electron chi connectivity index (χ2n) is 3.17. The molecule has 0 saturated heterocycles. The van der Waals surface area contributed by atoms with E-state index in [2.05, 4.69) is 42.3 Å². The summed E-state index contributed by atoms with van der Waals surface area (Å²) in [5.41, 5.74) is 3.63. The molecule has 0 radical (unpaired) electrons. The number of nitrogens with zero attached hydrogens (tertiary/aromatic N) is 1. The maximum atomic E-state index is 5.54. The largest absolute Gasteiger partial charge is 0.466 e. The molecule has 0 aromatic carbocycles. The van der Waals surface area contributed by atoms with E-state index in [1.54, 1.807) is 18.7 Å². The highest BCUT2D eigenvalue weighted by molar-refractivity contribution is 9.10. The molecule has 2 aromatic rings. The van der Waals surface area contributed by atoms with Crippen molar-refractivity contribution in [3.05, 3.63) is 51.1 Å². The van der Waals surface area contributed by atoms with E-state index in [9.17, 15) is 0 Å². The van der Waals surface area contributed by atoms with Crippen molar-refractivity contribution in [1.29, 1.82) is 0 Å². The van der Waals surface area contributed by atoms with Gasteiger partial charge in [0.25, 0.3) is 0 Å². The highest BCUT2D eigenvalue weighted by Crippen LogP contribution is 2.29. The first-order valence-electron chi connectivity index (χ1n) is 4.52. The van der Waals surface area contributed by atoms with Crippen LogP contribution in [0.2, 0.25) is 0 Å². The number of furan rings is 1. The van der Waals surface area contributed by atoms with Crippen LogP contribution in [0.1, 0.15) is 17.4 Å². The number of hydrogen-bond donors (Lipinski definition) is 2. The van der Waals surface area contributed by atoms with Crippen LogP contribution in [0.25, 0.3) is 0 Å². The van der Waals surface area contributed by atoms with Crippen molar-refractivity contribution < 1.29 is 4.42 Å². The highest BCUT2D eigenvalue weighted by Gasteiger charge is 2.19. The molecular weight excluding hydrogens is 338 g/mol. The van der Waals surface area contributed by atoms with Gasteiger partial charge in [-0.3, -0.25) is 10.8 Å². The zero-order chi connectivity index (χ0) is 11.5. The van der Waals surface area contributed by atoms with E-state index in [0.717, 1.165) is 20.3 Å². The number of rotatable bonds is 3. The lowest BCUT2D eigenvalue weighted by Gasteiger charge is -2.14. The van der Waals surface area contributed by atoms with E-state index in [1.165, 1.54) is 0 Å². The minimum atomic E-state index is -0.227. The van der Waals surface area contributed by atoms with Gasteiger partial charge >= 0.3 is 0 Å². The van der Waals surface area contributed by atoms with Gasteiger partial charge in [0.1, 0.15) is 11.8 Å². The highest BCUT2D eigenvalue weighted by atomic mass is 79.9. The molecular formula is C10H9Br2N3O. The average Bonchev–Trinajstić information content (AvgIpc) is 2.67. The molecule has 2 aromatic heterocycles. The molecule has 0 fully saturated rings. The van der Waals surface area contributed by atoms with Crippen molar-refractivity contribution in [3.63, 3.8) is 0 Å². The van der Waals surface area contributed by atoms with Crippen LogP contribution >= 0.6 is 31.9 Å². The smallest absolute Gasteiger partial charge is 0.140 e.